The maximum Gasteiger partial charge on any atom is 0.330 e. The largest absolute Gasteiger partial charge is 0.330 e. The number of imidazole rings is 2. The fourth-order valence-corrected chi connectivity index (χ4v) is 5.51. The molecule has 0 spiro atoms. The van der Waals surface area contributed by atoms with Crippen molar-refractivity contribution < 1.29 is 0 Å². The van der Waals surface area contributed by atoms with E-state index in [4.69, 9.17) is 9.97 Å². The first-order chi connectivity index (χ1) is 14.5. The van der Waals surface area contributed by atoms with Gasteiger partial charge in [0.05, 0.1) is 5.69 Å². The number of nitrogens with one attached hydrogen (secondary N) is 1. The van der Waals surface area contributed by atoms with Crippen molar-refractivity contribution in [1.29, 1.82) is 0 Å². The van der Waals surface area contributed by atoms with E-state index in [-0.39, 0.29) is 5.56 Å². The van der Waals surface area contributed by atoms with Crippen molar-refractivity contribution in [2.24, 2.45) is 5.92 Å². The molecular formula is C21H26N6O2S. The van der Waals surface area contributed by atoms with Crippen molar-refractivity contribution in [3.05, 3.63) is 49.6 Å². The minimum Gasteiger partial charge on any atom is -0.322 e. The average Bonchev–Trinajstić information content (AvgIpc) is 3.35. The number of fused-ring (bicyclic) bond motifs is 2. The summed E-state index contributed by atoms with van der Waals surface area (Å²) in [5, 5.41) is 0. The van der Waals surface area contributed by atoms with Gasteiger partial charge in [-0.05, 0) is 32.6 Å². The quantitative estimate of drug-likeness (QED) is 0.531. The number of aryl methyl sites for hydroxylation is 2. The number of H-pyrrole nitrogens is 1. The van der Waals surface area contributed by atoms with Crippen LogP contribution in [0.1, 0.15) is 55.4 Å². The van der Waals surface area contributed by atoms with Gasteiger partial charge in [-0.2, -0.15) is 0 Å². The maximum atomic E-state index is 12.8. The van der Waals surface area contributed by atoms with E-state index < -0.39 is 5.69 Å². The third-order valence-corrected chi connectivity index (χ3v) is 7.02. The van der Waals surface area contributed by atoms with Gasteiger partial charge in [0.25, 0.3) is 5.56 Å². The molecule has 0 aromatic carbocycles. The number of hydrogen-bond acceptors (Lipinski definition) is 5. The molecule has 0 aliphatic heterocycles. The number of aromatic amines is 1. The predicted octanol–water partition coefficient (Wildman–Crippen LogP) is 3.09. The van der Waals surface area contributed by atoms with Crippen LogP contribution in [-0.2, 0) is 19.5 Å². The molecule has 0 saturated heterocycles. The Morgan fingerprint density at radius 2 is 1.93 bits per heavy atom. The fraction of sp³-hybridized carbons (Fsp3) is 0.524. The van der Waals surface area contributed by atoms with Gasteiger partial charge in [0.1, 0.15) is 5.82 Å². The maximum absolute atomic E-state index is 12.8. The Balaban J connectivity index is 1.63. The van der Waals surface area contributed by atoms with Crippen molar-refractivity contribution >= 4 is 27.5 Å². The smallest absolute Gasteiger partial charge is 0.322 e. The normalized spacial score (nSPS) is 15.5. The first kappa shape index (κ1) is 19.3. The second-order valence-corrected chi connectivity index (χ2v) is 9.47. The molecule has 1 N–H and O–H groups in total. The van der Waals surface area contributed by atoms with Crippen molar-refractivity contribution in [3.63, 3.8) is 0 Å². The van der Waals surface area contributed by atoms with Gasteiger partial charge < -0.3 is 4.57 Å². The Kier molecular flexibility index (Phi) is 4.85. The molecule has 1 aliphatic rings. The van der Waals surface area contributed by atoms with Crippen molar-refractivity contribution in [2.45, 2.75) is 65.5 Å². The van der Waals surface area contributed by atoms with Gasteiger partial charge in [-0.1, -0.05) is 19.3 Å². The van der Waals surface area contributed by atoms with Crippen LogP contribution < -0.4 is 11.2 Å². The van der Waals surface area contributed by atoms with Crippen LogP contribution in [0.5, 0.6) is 0 Å². The second kappa shape index (κ2) is 7.54. The minimum absolute atomic E-state index is 0.351. The van der Waals surface area contributed by atoms with Gasteiger partial charge in [0, 0.05) is 36.8 Å². The average molecular weight is 427 g/mol. The lowest BCUT2D eigenvalue weighted by atomic mass is 9.89. The van der Waals surface area contributed by atoms with Crippen LogP contribution in [0.15, 0.2) is 22.0 Å². The monoisotopic (exact) mass is 426 g/mol. The summed E-state index contributed by atoms with van der Waals surface area (Å²) >= 11 is 1.66. The molecule has 1 aliphatic carbocycles. The minimum atomic E-state index is -0.401. The van der Waals surface area contributed by atoms with Crippen LogP contribution in [0.2, 0.25) is 0 Å². The van der Waals surface area contributed by atoms with E-state index in [1.807, 2.05) is 17.5 Å². The molecule has 0 bridgehead atoms. The Bertz CT molecular complexity index is 1300. The molecule has 8 nitrogen and oxygen atoms in total. The van der Waals surface area contributed by atoms with Crippen LogP contribution in [0, 0.1) is 12.8 Å². The molecule has 1 fully saturated rings. The first-order valence-electron chi connectivity index (χ1n) is 10.7. The third kappa shape index (κ3) is 3.30. The summed E-state index contributed by atoms with van der Waals surface area (Å²) in [5.74, 6) is 1.33. The van der Waals surface area contributed by atoms with Crippen LogP contribution in [0.25, 0.3) is 16.1 Å². The summed E-state index contributed by atoms with van der Waals surface area (Å²) in [4.78, 5) is 39.3. The highest BCUT2D eigenvalue weighted by Crippen LogP contribution is 2.27. The molecule has 1 saturated carbocycles. The fourth-order valence-electron chi connectivity index (χ4n) is 4.68. The third-order valence-electron chi connectivity index (χ3n) is 6.11. The molecule has 0 amide bonds. The van der Waals surface area contributed by atoms with E-state index in [0.29, 0.717) is 30.0 Å². The highest BCUT2D eigenvalue weighted by atomic mass is 32.1. The number of aromatic nitrogens is 6. The molecule has 5 rings (SSSR count). The van der Waals surface area contributed by atoms with Crippen LogP contribution in [0.3, 0.4) is 0 Å². The summed E-state index contributed by atoms with van der Waals surface area (Å²) in [7, 11) is 0. The van der Waals surface area contributed by atoms with Gasteiger partial charge in [-0.25, -0.2) is 14.8 Å². The lowest BCUT2D eigenvalue weighted by molar-refractivity contribution is 0.319. The Morgan fingerprint density at radius 3 is 2.67 bits per heavy atom. The molecule has 4 aromatic heterocycles. The van der Waals surface area contributed by atoms with Gasteiger partial charge >= 0.3 is 5.69 Å². The highest BCUT2D eigenvalue weighted by Gasteiger charge is 2.22. The SMILES string of the molecule is CCn1c(=O)[nH]c(=O)c2c1nc(Cc1cn3cc(C)sc3n1)n2CC1CCCCC1. The van der Waals surface area contributed by atoms with Crippen molar-refractivity contribution in [3.8, 4) is 0 Å². The molecule has 0 radical (unpaired) electrons. The van der Waals surface area contributed by atoms with E-state index in [1.165, 1.54) is 37.0 Å². The van der Waals surface area contributed by atoms with Crippen molar-refractivity contribution in [2.75, 3.05) is 0 Å². The molecule has 4 heterocycles. The van der Waals surface area contributed by atoms with E-state index in [0.717, 1.165) is 23.0 Å². The van der Waals surface area contributed by atoms with Gasteiger partial charge in [-0.15, -0.1) is 11.3 Å². The van der Waals surface area contributed by atoms with Crippen LogP contribution in [-0.4, -0.2) is 28.5 Å². The molecule has 9 heteroatoms. The predicted molar refractivity (Wildman–Crippen MR) is 117 cm³/mol. The van der Waals surface area contributed by atoms with E-state index in [1.54, 1.807) is 15.9 Å². The zero-order valence-corrected chi connectivity index (χ0v) is 18.2. The second-order valence-electron chi connectivity index (χ2n) is 8.26. The van der Waals surface area contributed by atoms with Gasteiger partial charge in [0.2, 0.25) is 0 Å². The van der Waals surface area contributed by atoms with Crippen LogP contribution in [0.4, 0.5) is 0 Å². The lowest BCUT2D eigenvalue weighted by Gasteiger charge is -2.23. The Morgan fingerprint density at radius 1 is 1.13 bits per heavy atom. The van der Waals surface area contributed by atoms with E-state index >= 15 is 0 Å². The number of rotatable bonds is 5. The summed E-state index contributed by atoms with van der Waals surface area (Å²) < 4.78 is 5.64. The molecular weight excluding hydrogens is 400 g/mol. The van der Waals surface area contributed by atoms with E-state index in [2.05, 4.69) is 22.7 Å². The Labute approximate surface area is 177 Å². The molecule has 0 atom stereocenters. The molecule has 30 heavy (non-hydrogen) atoms. The topological polar surface area (TPSA) is 90.0 Å². The molecule has 158 valence electrons. The zero-order chi connectivity index (χ0) is 20.8. The number of hydrogen-bond donors (Lipinski definition) is 1. The van der Waals surface area contributed by atoms with Crippen molar-refractivity contribution in [1.82, 2.24) is 28.5 Å². The summed E-state index contributed by atoms with van der Waals surface area (Å²) in [6.07, 6.45) is 10.7. The van der Waals surface area contributed by atoms with Gasteiger partial charge in [-0.3, -0.25) is 18.7 Å². The lowest BCUT2D eigenvalue weighted by Crippen LogP contribution is -2.31. The van der Waals surface area contributed by atoms with Gasteiger partial charge in [0.15, 0.2) is 16.1 Å². The first-order valence-corrected chi connectivity index (χ1v) is 11.5. The molecule has 0 unspecified atom stereocenters. The van der Waals surface area contributed by atoms with E-state index in [9.17, 15) is 9.59 Å². The van der Waals surface area contributed by atoms with Crippen LogP contribution >= 0.6 is 11.3 Å². The Hall–Kier alpha value is -2.68. The zero-order valence-electron chi connectivity index (χ0n) is 17.3. The highest BCUT2D eigenvalue weighted by molar-refractivity contribution is 7.16. The molecule has 4 aromatic rings. The standard InChI is InChI=1S/C21H26N6O2S/c1-3-26-18-17(19(28)24-20(26)29)27(11-14-7-5-4-6-8-14)16(23-18)9-15-12-25-10-13(2)30-21(25)22-15/h10,12,14H,3-9,11H2,1-2H3,(H,24,28,29). The number of thiazole rings is 1. The summed E-state index contributed by atoms with van der Waals surface area (Å²) in [6, 6.07) is 0. The number of nitrogens with zero attached hydrogens (tertiary/aromatic N) is 5. The summed E-state index contributed by atoms with van der Waals surface area (Å²) in [5.41, 5.74) is 1.16. The summed E-state index contributed by atoms with van der Waals surface area (Å²) in [6.45, 7) is 5.19.